The molecule has 3 rings (SSSR count). The average Bonchev–Trinajstić information content (AvgIpc) is 2.67. The summed E-state index contributed by atoms with van der Waals surface area (Å²) in [6, 6.07) is 1.79. The van der Waals surface area contributed by atoms with Gasteiger partial charge in [0.1, 0.15) is 16.7 Å². The van der Waals surface area contributed by atoms with Gasteiger partial charge in [-0.2, -0.15) is 0 Å². The number of nitrogens with zero attached hydrogens (tertiary/aromatic N) is 4. The van der Waals surface area contributed by atoms with Crippen LogP contribution in [0.25, 0.3) is 0 Å². The molecular weight excluding hydrogens is 368 g/mol. The van der Waals surface area contributed by atoms with E-state index in [9.17, 15) is 0 Å². The van der Waals surface area contributed by atoms with Crippen molar-refractivity contribution in [1.82, 2.24) is 15.0 Å². The lowest BCUT2D eigenvalue weighted by atomic mass is 9.74. The van der Waals surface area contributed by atoms with Crippen LogP contribution in [0.5, 0.6) is 0 Å². The van der Waals surface area contributed by atoms with E-state index in [4.69, 9.17) is 23.1 Å². The zero-order valence-electron chi connectivity index (χ0n) is 15.2. The minimum Gasteiger partial charge on any atom is -0.382 e. The molecule has 0 bridgehead atoms. The maximum absolute atomic E-state index is 6.20. The van der Waals surface area contributed by atoms with Crippen molar-refractivity contribution >= 4 is 40.8 Å². The molecule has 6 nitrogen and oxygen atoms in total. The predicted molar refractivity (Wildman–Crippen MR) is 109 cm³/mol. The van der Waals surface area contributed by atoms with Crippen LogP contribution in [0.3, 0.4) is 0 Å². The first-order valence-electron chi connectivity index (χ1n) is 8.93. The lowest BCUT2D eigenvalue weighted by molar-refractivity contribution is 0.199. The fourth-order valence-corrected chi connectivity index (χ4v) is 4.42. The van der Waals surface area contributed by atoms with Crippen molar-refractivity contribution in [3.63, 3.8) is 0 Å². The molecule has 1 saturated heterocycles. The molecule has 0 atom stereocenters. The van der Waals surface area contributed by atoms with E-state index in [0.29, 0.717) is 27.1 Å². The van der Waals surface area contributed by atoms with Crippen LogP contribution in [0.15, 0.2) is 28.4 Å². The van der Waals surface area contributed by atoms with Crippen LogP contribution >= 0.6 is 23.4 Å². The summed E-state index contributed by atoms with van der Waals surface area (Å²) in [6.45, 7) is 6.57. The summed E-state index contributed by atoms with van der Waals surface area (Å²) < 4.78 is 0. The molecule has 0 aromatic carbocycles. The number of hydrogen-bond acceptors (Lipinski definition) is 7. The van der Waals surface area contributed by atoms with Crippen molar-refractivity contribution in [3.05, 3.63) is 23.5 Å². The molecule has 3 heterocycles. The largest absolute Gasteiger partial charge is 0.382 e. The molecule has 4 N–H and O–H groups in total. The van der Waals surface area contributed by atoms with Crippen LogP contribution in [0.4, 0.5) is 17.5 Å². The average molecular weight is 393 g/mol. The van der Waals surface area contributed by atoms with Gasteiger partial charge in [0.05, 0.1) is 11.2 Å². The monoisotopic (exact) mass is 392 g/mol. The molecule has 0 radical (unpaired) electrons. The van der Waals surface area contributed by atoms with E-state index in [2.05, 4.69) is 33.7 Å². The molecule has 0 saturated carbocycles. The highest BCUT2D eigenvalue weighted by Crippen LogP contribution is 2.40. The number of rotatable bonds is 5. The fraction of sp³-hybridized carbons (Fsp3) is 0.500. The van der Waals surface area contributed by atoms with Crippen molar-refractivity contribution in [2.45, 2.75) is 49.5 Å². The van der Waals surface area contributed by atoms with E-state index in [-0.39, 0.29) is 0 Å². The lowest BCUT2D eigenvalue weighted by Gasteiger charge is -2.41. The number of nitrogen functional groups attached to an aromatic ring is 2. The molecular formula is C18H25ClN6S. The van der Waals surface area contributed by atoms with Gasteiger partial charge in [0, 0.05) is 24.2 Å². The molecule has 2 aromatic rings. The van der Waals surface area contributed by atoms with Crippen LogP contribution in [-0.4, -0.2) is 28.0 Å². The van der Waals surface area contributed by atoms with Crippen molar-refractivity contribution < 1.29 is 0 Å². The second kappa shape index (κ2) is 7.88. The molecule has 0 aliphatic carbocycles. The van der Waals surface area contributed by atoms with Gasteiger partial charge in [-0.1, -0.05) is 50.1 Å². The quantitative estimate of drug-likeness (QED) is 0.785. The van der Waals surface area contributed by atoms with Crippen LogP contribution in [0.2, 0.25) is 5.02 Å². The first-order valence-corrected chi connectivity index (χ1v) is 10.1. The van der Waals surface area contributed by atoms with Crippen molar-refractivity contribution in [2.75, 3.05) is 29.5 Å². The maximum atomic E-state index is 6.20. The minimum absolute atomic E-state index is 0.295. The number of anilines is 3. The van der Waals surface area contributed by atoms with Gasteiger partial charge in [-0.05, 0) is 24.3 Å². The zero-order valence-corrected chi connectivity index (χ0v) is 16.8. The standard InChI is InChI=1S/C18H25ClN6S/c1-3-18(4-2)6-9-25(10-7-18)13-11-23-17(16(21)24-13)26-12-5-8-22-15(20)14(12)19/h5,8,11H,3-4,6-7,9-10H2,1-2H3,(H2,20,22)(H2,21,24). The van der Waals surface area contributed by atoms with Gasteiger partial charge in [-0.15, -0.1) is 0 Å². The van der Waals surface area contributed by atoms with Gasteiger partial charge in [0.25, 0.3) is 0 Å². The topological polar surface area (TPSA) is 94.0 Å². The Balaban J connectivity index is 1.73. The highest BCUT2D eigenvalue weighted by Gasteiger charge is 2.31. The molecule has 0 amide bonds. The number of halogens is 1. The zero-order chi connectivity index (χ0) is 18.7. The third-order valence-corrected chi connectivity index (χ3v) is 7.06. The Hall–Kier alpha value is -1.73. The number of hydrogen-bond donors (Lipinski definition) is 2. The number of nitrogens with two attached hydrogens (primary N) is 2. The minimum atomic E-state index is 0.295. The molecule has 1 fully saturated rings. The first kappa shape index (κ1) is 19.0. The van der Waals surface area contributed by atoms with Crippen LogP contribution < -0.4 is 16.4 Å². The molecule has 2 aromatic heterocycles. The Bertz CT molecular complexity index is 770. The lowest BCUT2D eigenvalue weighted by Crippen LogP contribution is -2.40. The number of pyridine rings is 1. The Morgan fingerprint density at radius 2 is 1.85 bits per heavy atom. The van der Waals surface area contributed by atoms with Gasteiger partial charge >= 0.3 is 0 Å². The highest BCUT2D eigenvalue weighted by molar-refractivity contribution is 7.99. The number of aromatic nitrogens is 3. The first-order chi connectivity index (χ1) is 12.5. The highest BCUT2D eigenvalue weighted by atomic mass is 35.5. The second-order valence-corrected chi connectivity index (χ2v) is 8.13. The van der Waals surface area contributed by atoms with E-state index in [1.807, 2.05) is 0 Å². The Morgan fingerprint density at radius 1 is 1.15 bits per heavy atom. The smallest absolute Gasteiger partial charge is 0.158 e. The van der Waals surface area contributed by atoms with Gasteiger partial charge in [0.2, 0.25) is 0 Å². The summed E-state index contributed by atoms with van der Waals surface area (Å²) in [5, 5.41) is 1.03. The Kier molecular flexibility index (Phi) is 5.77. The molecule has 0 unspecified atom stereocenters. The van der Waals surface area contributed by atoms with Crippen LogP contribution in [0, 0.1) is 5.41 Å². The summed E-state index contributed by atoms with van der Waals surface area (Å²) in [6.07, 6.45) is 8.24. The SMILES string of the molecule is CCC1(CC)CCN(c2cnc(Sc3ccnc(N)c3Cl)c(N)n2)CC1. The maximum Gasteiger partial charge on any atom is 0.158 e. The summed E-state index contributed by atoms with van der Waals surface area (Å²) in [4.78, 5) is 16.1. The Morgan fingerprint density at radius 3 is 2.46 bits per heavy atom. The second-order valence-electron chi connectivity index (χ2n) is 6.72. The van der Waals surface area contributed by atoms with E-state index in [1.54, 1.807) is 18.5 Å². The van der Waals surface area contributed by atoms with Crippen molar-refractivity contribution in [3.8, 4) is 0 Å². The number of piperidine rings is 1. The van der Waals surface area contributed by atoms with Gasteiger partial charge < -0.3 is 16.4 Å². The fourth-order valence-electron chi connectivity index (χ4n) is 3.41. The predicted octanol–water partition coefficient (Wildman–Crippen LogP) is 4.25. The summed E-state index contributed by atoms with van der Waals surface area (Å²) in [7, 11) is 0. The van der Waals surface area contributed by atoms with E-state index >= 15 is 0 Å². The van der Waals surface area contributed by atoms with Crippen molar-refractivity contribution in [1.29, 1.82) is 0 Å². The van der Waals surface area contributed by atoms with Gasteiger partial charge in [0.15, 0.2) is 5.82 Å². The molecule has 140 valence electrons. The Labute approximate surface area is 163 Å². The van der Waals surface area contributed by atoms with Crippen molar-refractivity contribution in [2.24, 2.45) is 5.41 Å². The van der Waals surface area contributed by atoms with Gasteiger partial charge in [-0.3, -0.25) is 0 Å². The van der Waals surface area contributed by atoms with Crippen LogP contribution in [0.1, 0.15) is 39.5 Å². The molecule has 1 aliphatic heterocycles. The van der Waals surface area contributed by atoms with Gasteiger partial charge in [-0.25, -0.2) is 15.0 Å². The molecule has 26 heavy (non-hydrogen) atoms. The third-order valence-electron chi connectivity index (χ3n) is 5.49. The molecule has 1 aliphatic rings. The normalized spacial score (nSPS) is 16.7. The molecule has 0 spiro atoms. The van der Waals surface area contributed by atoms with E-state index in [1.165, 1.54) is 37.4 Å². The molecule has 8 heteroatoms. The third kappa shape index (κ3) is 3.83. The summed E-state index contributed by atoms with van der Waals surface area (Å²) in [5.41, 5.74) is 12.4. The summed E-state index contributed by atoms with van der Waals surface area (Å²) in [5.74, 6) is 1.54. The van der Waals surface area contributed by atoms with E-state index in [0.717, 1.165) is 23.8 Å². The van der Waals surface area contributed by atoms with E-state index < -0.39 is 0 Å². The summed E-state index contributed by atoms with van der Waals surface area (Å²) >= 11 is 7.55. The van der Waals surface area contributed by atoms with Crippen LogP contribution in [-0.2, 0) is 0 Å².